The number of nitrogens with one attached hydrogen (secondary N) is 1. The molecule has 0 saturated carbocycles. The van der Waals surface area contributed by atoms with Crippen LogP contribution >= 0.6 is 0 Å². The molecule has 1 N–H and O–H groups in total. The highest BCUT2D eigenvalue weighted by Crippen LogP contribution is 2.21. The standard InChI is InChI=1S/C19H29N5O2/c1-3-22-10-12-23(13-11-22)17-7-4-6-16(14-17)20-19(26)24-9-5-8-21(2)18(25)15-24/h4,6-7,14H,3,5,8-13,15H2,1-2H3,(H,20,26). The molecule has 2 heterocycles. The van der Waals surface area contributed by atoms with Gasteiger partial charge in [-0.1, -0.05) is 13.0 Å². The third-order valence-corrected chi connectivity index (χ3v) is 5.24. The second-order valence-electron chi connectivity index (χ2n) is 6.99. The predicted octanol–water partition coefficient (Wildman–Crippen LogP) is 1.52. The van der Waals surface area contributed by atoms with Crippen molar-refractivity contribution in [3.8, 4) is 0 Å². The molecule has 1 aromatic carbocycles. The van der Waals surface area contributed by atoms with Gasteiger partial charge in [0.2, 0.25) is 5.91 Å². The molecule has 2 fully saturated rings. The Hall–Kier alpha value is -2.28. The van der Waals surface area contributed by atoms with Gasteiger partial charge in [-0.25, -0.2) is 4.79 Å². The molecule has 26 heavy (non-hydrogen) atoms. The minimum absolute atomic E-state index is 0.0137. The number of nitrogens with zero attached hydrogens (tertiary/aromatic N) is 4. The van der Waals surface area contributed by atoms with Crippen molar-refractivity contribution in [1.82, 2.24) is 14.7 Å². The fourth-order valence-electron chi connectivity index (χ4n) is 3.47. The molecule has 0 aliphatic carbocycles. The van der Waals surface area contributed by atoms with Gasteiger partial charge in [0, 0.05) is 57.7 Å². The monoisotopic (exact) mass is 359 g/mol. The Morgan fingerprint density at radius 1 is 1.12 bits per heavy atom. The van der Waals surface area contributed by atoms with E-state index in [1.807, 2.05) is 18.2 Å². The third-order valence-electron chi connectivity index (χ3n) is 5.24. The van der Waals surface area contributed by atoms with Crippen molar-refractivity contribution in [3.63, 3.8) is 0 Å². The highest BCUT2D eigenvalue weighted by Gasteiger charge is 2.23. The summed E-state index contributed by atoms with van der Waals surface area (Å²) in [7, 11) is 1.78. The highest BCUT2D eigenvalue weighted by atomic mass is 16.2. The Morgan fingerprint density at radius 3 is 2.62 bits per heavy atom. The third kappa shape index (κ3) is 4.46. The zero-order valence-corrected chi connectivity index (χ0v) is 15.8. The van der Waals surface area contributed by atoms with E-state index in [1.54, 1.807) is 16.8 Å². The Bertz CT molecular complexity index is 643. The summed E-state index contributed by atoms with van der Waals surface area (Å²) in [5, 5.41) is 2.95. The minimum atomic E-state index is -0.207. The normalized spacial score (nSPS) is 19.5. The van der Waals surface area contributed by atoms with Gasteiger partial charge in [0.1, 0.15) is 6.54 Å². The molecule has 7 nitrogen and oxygen atoms in total. The second-order valence-corrected chi connectivity index (χ2v) is 6.99. The maximum Gasteiger partial charge on any atom is 0.322 e. The molecule has 0 aromatic heterocycles. The molecular formula is C19H29N5O2. The van der Waals surface area contributed by atoms with Gasteiger partial charge in [0.15, 0.2) is 0 Å². The van der Waals surface area contributed by atoms with E-state index in [1.165, 1.54) is 0 Å². The number of rotatable bonds is 3. The first-order chi connectivity index (χ1) is 12.6. The van der Waals surface area contributed by atoms with Gasteiger partial charge < -0.3 is 24.9 Å². The number of amides is 3. The van der Waals surface area contributed by atoms with E-state index in [9.17, 15) is 9.59 Å². The quantitative estimate of drug-likeness (QED) is 0.889. The molecule has 0 spiro atoms. The number of anilines is 2. The maximum atomic E-state index is 12.6. The van der Waals surface area contributed by atoms with Crippen molar-refractivity contribution in [2.24, 2.45) is 0 Å². The van der Waals surface area contributed by atoms with Gasteiger partial charge in [0.25, 0.3) is 0 Å². The number of benzene rings is 1. The van der Waals surface area contributed by atoms with Crippen molar-refractivity contribution in [2.75, 3.05) is 69.6 Å². The van der Waals surface area contributed by atoms with Gasteiger partial charge in [0.05, 0.1) is 0 Å². The average molecular weight is 359 g/mol. The van der Waals surface area contributed by atoms with Crippen LogP contribution in [-0.4, -0.2) is 86.0 Å². The lowest BCUT2D eigenvalue weighted by Crippen LogP contribution is -2.46. The fourth-order valence-corrected chi connectivity index (χ4v) is 3.47. The van der Waals surface area contributed by atoms with Gasteiger partial charge >= 0.3 is 6.03 Å². The number of likely N-dealkylation sites (N-methyl/N-ethyl adjacent to an activating group) is 2. The average Bonchev–Trinajstić information content (AvgIpc) is 2.83. The zero-order valence-electron chi connectivity index (χ0n) is 15.8. The molecule has 7 heteroatoms. The summed E-state index contributed by atoms with van der Waals surface area (Å²) in [5.41, 5.74) is 1.90. The lowest BCUT2D eigenvalue weighted by molar-refractivity contribution is -0.129. The van der Waals surface area contributed by atoms with Crippen LogP contribution in [0.4, 0.5) is 16.2 Å². The SMILES string of the molecule is CCN1CCN(c2cccc(NC(=O)N3CCCN(C)C(=O)C3)c2)CC1. The molecule has 2 aliphatic heterocycles. The van der Waals surface area contributed by atoms with E-state index in [0.29, 0.717) is 13.1 Å². The van der Waals surface area contributed by atoms with E-state index in [0.717, 1.165) is 50.5 Å². The van der Waals surface area contributed by atoms with Crippen LogP contribution in [0.25, 0.3) is 0 Å². The molecule has 0 radical (unpaired) electrons. The van der Waals surface area contributed by atoms with Crippen LogP contribution < -0.4 is 10.2 Å². The molecule has 3 amide bonds. The van der Waals surface area contributed by atoms with E-state index in [-0.39, 0.29) is 18.5 Å². The smallest absolute Gasteiger partial charge is 0.322 e. The number of urea groups is 1. The number of carbonyl (C=O) groups excluding carboxylic acids is 2. The predicted molar refractivity (Wildman–Crippen MR) is 104 cm³/mol. The maximum absolute atomic E-state index is 12.6. The Labute approximate surface area is 155 Å². The Kier molecular flexibility index (Phi) is 5.98. The molecule has 2 saturated heterocycles. The van der Waals surface area contributed by atoms with Crippen LogP contribution in [0.1, 0.15) is 13.3 Å². The summed E-state index contributed by atoms with van der Waals surface area (Å²) >= 11 is 0. The van der Waals surface area contributed by atoms with Crippen molar-refractivity contribution in [2.45, 2.75) is 13.3 Å². The van der Waals surface area contributed by atoms with E-state index >= 15 is 0 Å². The van der Waals surface area contributed by atoms with Crippen molar-refractivity contribution in [3.05, 3.63) is 24.3 Å². The largest absolute Gasteiger partial charge is 0.369 e. The number of hydrogen-bond donors (Lipinski definition) is 1. The van der Waals surface area contributed by atoms with Gasteiger partial charge in [-0.15, -0.1) is 0 Å². The van der Waals surface area contributed by atoms with E-state index in [4.69, 9.17) is 0 Å². The second kappa shape index (κ2) is 8.40. The van der Waals surface area contributed by atoms with Crippen molar-refractivity contribution < 1.29 is 9.59 Å². The molecule has 2 aliphatic rings. The molecule has 3 rings (SSSR count). The first-order valence-electron chi connectivity index (χ1n) is 9.44. The van der Waals surface area contributed by atoms with Crippen LogP contribution in [0.5, 0.6) is 0 Å². The number of piperazine rings is 1. The molecule has 1 aromatic rings. The molecule has 0 bridgehead atoms. The van der Waals surface area contributed by atoms with E-state index < -0.39 is 0 Å². The molecular weight excluding hydrogens is 330 g/mol. The summed E-state index contributed by atoms with van der Waals surface area (Å²) in [6.45, 7) is 8.84. The first-order valence-corrected chi connectivity index (χ1v) is 9.44. The lowest BCUT2D eigenvalue weighted by Gasteiger charge is -2.35. The summed E-state index contributed by atoms with van der Waals surface area (Å²) in [5.74, 6) is -0.0137. The van der Waals surface area contributed by atoms with Gasteiger partial charge in [-0.3, -0.25) is 4.79 Å². The topological polar surface area (TPSA) is 59.1 Å². The first kappa shape index (κ1) is 18.5. The number of carbonyl (C=O) groups is 2. The van der Waals surface area contributed by atoms with Gasteiger partial charge in [-0.2, -0.15) is 0 Å². The number of hydrogen-bond acceptors (Lipinski definition) is 4. The zero-order chi connectivity index (χ0) is 18.5. The van der Waals surface area contributed by atoms with Crippen LogP contribution in [0, 0.1) is 0 Å². The summed E-state index contributed by atoms with van der Waals surface area (Å²) in [6.07, 6.45) is 0.803. The van der Waals surface area contributed by atoms with Crippen LogP contribution in [0.3, 0.4) is 0 Å². The molecule has 0 unspecified atom stereocenters. The van der Waals surface area contributed by atoms with Crippen LogP contribution in [0.2, 0.25) is 0 Å². The summed E-state index contributed by atoms with van der Waals surface area (Å²) in [4.78, 5) is 32.6. The lowest BCUT2D eigenvalue weighted by atomic mass is 10.2. The van der Waals surface area contributed by atoms with Crippen LogP contribution in [-0.2, 0) is 4.79 Å². The van der Waals surface area contributed by atoms with Gasteiger partial charge in [-0.05, 0) is 31.2 Å². The fraction of sp³-hybridized carbons (Fsp3) is 0.579. The summed E-state index contributed by atoms with van der Waals surface area (Å²) in [6, 6.07) is 7.77. The highest BCUT2D eigenvalue weighted by molar-refractivity contribution is 5.93. The minimum Gasteiger partial charge on any atom is -0.369 e. The van der Waals surface area contributed by atoms with Crippen molar-refractivity contribution >= 4 is 23.3 Å². The Morgan fingerprint density at radius 2 is 1.88 bits per heavy atom. The summed E-state index contributed by atoms with van der Waals surface area (Å²) < 4.78 is 0. The Balaban J connectivity index is 1.61. The molecule has 142 valence electrons. The molecule has 0 atom stereocenters. The van der Waals surface area contributed by atoms with E-state index in [2.05, 4.69) is 28.1 Å². The van der Waals surface area contributed by atoms with Crippen molar-refractivity contribution in [1.29, 1.82) is 0 Å². The van der Waals surface area contributed by atoms with Crippen LogP contribution in [0.15, 0.2) is 24.3 Å².